The van der Waals surface area contributed by atoms with Gasteiger partial charge in [0.05, 0.1) is 0 Å². The minimum Gasteiger partial charge on any atom is -0.197 e. The lowest BCUT2D eigenvalue weighted by atomic mass is 9.80. The Kier molecular flexibility index (Phi) is 1.86. The van der Waals surface area contributed by atoms with Crippen LogP contribution in [0.25, 0.3) is 0 Å². The van der Waals surface area contributed by atoms with Crippen LogP contribution in [0, 0.1) is 5.92 Å². The minimum absolute atomic E-state index is 0.0139. The second-order valence-electron chi connectivity index (χ2n) is 3.71. The molecule has 0 radical (unpaired) electrons. The molecular weight excluding hydrogens is 170 g/mol. The molecule has 0 spiro atoms. The highest BCUT2D eigenvalue weighted by Gasteiger charge is 2.38. The van der Waals surface area contributed by atoms with Crippen LogP contribution in [0.2, 0.25) is 0 Å². The van der Waals surface area contributed by atoms with Gasteiger partial charge in [0, 0.05) is 5.57 Å². The van der Waals surface area contributed by atoms with Crippen molar-refractivity contribution in [1.29, 1.82) is 0 Å². The standard InChI is InChI=1S/C11H12F2/c1-8-4-2-5-9-6-3-7-11(12,13)10(8)9/h2-3,5,7-8H,4,6H2,1H3. The van der Waals surface area contributed by atoms with Crippen LogP contribution >= 0.6 is 0 Å². The summed E-state index contributed by atoms with van der Waals surface area (Å²) in [5.74, 6) is -2.72. The first-order chi connectivity index (χ1) is 6.11. The van der Waals surface area contributed by atoms with Gasteiger partial charge in [-0.3, -0.25) is 0 Å². The van der Waals surface area contributed by atoms with Gasteiger partial charge in [-0.05, 0) is 30.4 Å². The molecule has 70 valence electrons. The summed E-state index contributed by atoms with van der Waals surface area (Å²) in [6, 6.07) is 0. The zero-order valence-corrected chi connectivity index (χ0v) is 7.56. The summed E-state index contributed by atoms with van der Waals surface area (Å²) in [5.41, 5.74) is 1.14. The molecule has 1 atom stereocenters. The maximum atomic E-state index is 13.4. The van der Waals surface area contributed by atoms with Crippen molar-refractivity contribution >= 4 is 0 Å². The van der Waals surface area contributed by atoms with E-state index in [1.165, 1.54) is 0 Å². The van der Waals surface area contributed by atoms with E-state index >= 15 is 0 Å². The van der Waals surface area contributed by atoms with E-state index in [1.807, 2.05) is 19.1 Å². The van der Waals surface area contributed by atoms with Crippen LogP contribution in [0.4, 0.5) is 8.78 Å². The van der Waals surface area contributed by atoms with Gasteiger partial charge in [-0.2, -0.15) is 8.78 Å². The average Bonchev–Trinajstić information content (AvgIpc) is 2.02. The molecule has 0 fully saturated rings. The van der Waals surface area contributed by atoms with Crippen molar-refractivity contribution in [3.63, 3.8) is 0 Å². The molecule has 0 N–H and O–H groups in total. The Morgan fingerprint density at radius 2 is 2.15 bits per heavy atom. The first kappa shape index (κ1) is 8.67. The highest BCUT2D eigenvalue weighted by atomic mass is 19.3. The van der Waals surface area contributed by atoms with Gasteiger partial charge < -0.3 is 0 Å². The third kappa shape index (κ3) is 1.34. The van der Waals surface area contributed by atoms with Gasteiger partial charge in [0.1, 0.15) is 0 Å². The van der Waals surface area contributed by atoms with Gasteiger partial charge in [0.15, 0.2) is 0 Å². The molecule has 0 heterocycles. The van der Waals surface area contributed by atoms with Crippen LogP contribution < -0.4 is 0 Å². The van der Waals surface area contributed by atoms with Gasteiger partial charge in [-0.25, -0.2) is 0 Å². The van der Waals surface area contributed by atoms with Crippen LogP contribution in [0.3, 0.4) is 0 Å². The van der Waals surface area contributed by atoms with E-state index in [1.54, 1.807) is 6.08 Å². The summed E-state index contributed by atoms with van der Waals surface area (Å²) < 4.78 is 26.8. The Hall–Kier alpha value is -0.920. The highest BCUT2D eigenvalue weighted by molar-refractivity contribution is 5.42. The SMILES string of the molecule is CC1CC=CC2=C1C(F)(F)C=CC2. The van der Waals surface area contributed by atoms with E-state index in [4.69, 9.17) is 0 Å². The van der Waals surface area contributed by atoms with Gasteiger partial charge in [0.25, 0.3) is 5.92 Å². The molecule has 2 heteroatoms. The predicted octanol–water partition coefficient (Wildman–Crippen LogP) is 3.47. The van der Waals surface area contributed by atoms with E-state index in [2.05, 4.69) is 0 Å². The Morgan fingerprint density at radius 1 is 1.38 bits per heavy atom. The molecule has 1 unspecified atom stereocenters. The number of hydrogen-bond acceptors (Lipinski definition) is 0. The highest BCUT2D eigenvalue weighted by Crippen LogP contribution is 2.41. The largest absolute Gasteiger partial charge is 0.288 e. The molecule has 0 aromatic carbocycles. The van der Waals surface area contributed by atoms with E-state index in [0.717, 1.165) is 18.1 Å². The fraction of sp³-hybridized carbons (Fsp3) is 0.455. The number of rotatable bonds is 0. The van der Waals surface area contributed by atoms with Gasteiger partial charge in [0.2, 0.25) is 0 Å². The molecule has 0 aromatic rings. The average molecular weight is 182 g/mol. The Morgan fingerprint density at radius 3 is 2.85 bits per heavy atom. The van der Waals surface area contributed by atoms with Crippen molar-refractivity contribution in [3.8, 4) is 0 Å². The van der Waals surface area contributed by atoms with Crippen molar-refractivity contribution in [1.82, 2.24) is 0 Å². The van der Waals surface area contributed by atoms with Crippen LogP contribution in [0.15, 0.2) is 35.5 Å². The molecule has 0 saturated heterocycles. The molecule has 0 bridgehead atoms. The van der Waals surface area contributed by atoms with E-state index in [9.17, 15) is 8.78 Å². The van der Waals surface area contributed by atoms with Gasteiger partial charge in [-0.15, -0.1) is 0 Å². The molecule has 2 rings (SSSR count). The predicted molar refractivity (Wildman–Crippen MR) is 48.7 cm³/mol. The van der Waals surface area contributed by atoms with E-state index < -0.39 is 5.92 Å². The Balaban J connectivity index is 2.46. The molecule has 0 amide bonds. The monoisotopic (exact) mass is 182 g/mol. The maximum Gasteiger partial charge on any atom is 0.288 e. The lowest BCUT2D eigenvalue weighted by Gasteiger charge is -2.29. The molecule has 2 aliphatic carbocycles. The normalized spacial score (nSPS) is 30.5. The summed E-state index contributed by atoms with van der Waals surface area (Å²) >= 11 is 0. The molecule has 0 aliphatic heterocycles. The van der Waals surface area contributed by atoms with Crippen LogP contribution in [0.1, 0.15) is 19.8 Å². The summed E-state index contributed by atoms with van der Waals surface area (Å²) in [6.07, 6.45) is 7.81. The molecule has 13 heavy (non-hydrogen) atoms. The number of halogens is 2. The van der Waals surface area contributed by atoms with Crippen molar-refractivity contribution in [3.05, 3.63) is 35.5 Å². The zero-order valence-electron chi connectivity index (χ0n) is 7.56. The van der Waals surface area contributed by atoms with Gasteiger partial charge in [-0.1, -0.05) is 25.2 Å². The smallest absolute Gasteiger partial charge is 0.197 e. The lowest BCUT2D eigenvalue weighted by molar-refractivity contribution is 0.0818. The van der Waals surface area contributed by atoms with Crippen molar-refractivity contribution in [2.24, 2.45) is 5.92 Å². The fourth-order valence-electron chi connectivity index (χ4n) is 2.08. The quantitative estimate of drug-likeness (QED) is 0.503. The van der Waals surface area contributed by atoms with Crippen LogP contribution in [-0.2, 0) is 0 Å². The molecule has 2 aliphatic rings. The first-order valence-electron chi connectivity index (χ1n) is 4.57. The Labute approximate surface area is 76.6 Å². The number of alkyl halides is 2. The summed E-state index contributed by atoms with van der Waals surface area (Å²) in [7, 11) is 0. The van der Waals surface area contributed by atoms with Crippen molar-refractivity contribution in [2.45, 2.75) is 25.7 Å². The van der Waals surface area contributed by atoms with Crippen molar-refractivity contribution in [2.75, 3.05) is 0 Å². The summed E-state index contributed by atoms with van der Waals surface area (Å²) in [6.45, 7) is 1.87. The molecule has 0 saturated carbocycles. The number of hydrogen-bond donors (Lipinski definition) is 0. The van der Waals surface area contributed by atoms with E-state index in [-0.39, 0.29) is 5.92 Å². The van der Waals surface area contributed by atoms with Crippen LogP contribution in [-0.4, -0.2) is 5.92 Å². The minimum atomic E-state index is -2.71. The van der Waals surface area contributed by atoms with Crippen LogP contribution in [0.5, 0.6) is 0 Å². The maximum absolute atomic E-state index is 13.4. The van der Waals surface area contributed by atoms with Crippen molar-refractivity contribution < 1.29 is 8.78 Å². The third-order valence-electron chi connectivity index (χ3n) is 2.67. The summed E-state index contributed by atoms with van der Waals surface area (Å²) in [4.78, 5) is 0. The topological polar surface area (TPSA) is 0 Å². The zero-order chi connectivity index (χ0) is 9.47. The van der Waals surface area contributed by atoms with Gasteiger partial charge >= 0.3 is 0 Å². The number of allylic oxidation sites excluding steroid dienone is 6. The molecule has 0 aromatic heterocycles. The second kappa shape index (κ2) is 2.79. The first-order valence-corrected chi connectivity index (χ1v) is 4.57. The summed E-state index contributed by atoms with van der Waals surface area (Å²) in [5, 5.41) is 0. The molecule has 0 nitrogen and oxygen atoms in total. The fourth-order valence-corrected chi connectivity index (χ4v) is 2.08. The second-order valence-corrected chi connectivity index (χ2v) is 3.71. The third-order valence-corrected chi connectivity index (χ3v) is 2.67. The molecular formula is C11H12F2. The Bertz CT molecular complexity index is 308. The van der Waals surface area contributed by atoms with E-state index in [0.29, 0.717) is 12.0 Å². The lowest BCUT2D eigenvalue weighted by Crippen LogP contribution is -2.26.